The average molecular weight is 282 g/mol. The summed E-state index contributed by atoms with van der Waals surface area (Å²) in [5.74, 6) is 0.558. The molecule has 1 aromatic rings. The van der Waals surface area contributed by atoms with Gasteiger partial charge in [0.05, 0.1) is 11.5 Å². The normalized spacial score (nSPS) is 15.8. The number of ether oxygens (including phenoxy) is 2. The Bertz CT molecular complexity index is 463. The molecule has 2 rings (SSSR count). The van der Waals surface area contributed by atoms with Gasteiger partial charge >= 0.3 is 5.69 Å². The lowest BCUT2D eigenvalue weighted by atomic mass is 10.0. The van der Waals surface area contributed by atoms with Crippen molar-refractivity contribution in [2.75, 3.05) is 31.7 Å². The third kappa shape index (κ3) is 3.53. The zero-order valence-electron chi connectivity index (χ0n) is 11.4. The van der Waals surface area contributed by atoms with E-state index in [-0.39, 0.29) is 17.4 Å². The standard InChI is InChI=1S/C12H18N4O4/c1-2-13-11-10(16(17)18)12(15-8-14-11)20-7-9-3-5-19-6-4-9/h8-9H,2-7H2,1H3,(H,13,14,15). The van der Waals surface area contributed by atoms with Crippen LogP contribution in [0.3, 0.4) is 0 Å². The summed E-state index contributed by atoms with van der Waals surface area (Å²) in [5, 5.41) is 14.0. The van der Waals surface area contributed by atoms with Crippen LogP contribution in [0.1, 0.15) is 19.8 Å². The minimum atomic E-state index is -0.517. The van der Waals surface area contributed by atoms with Crippen LogP contribution in [0.25, 0.3) is 0 Å². The van der Waals surface area contributed by atoms with E-state index >= 15 is 0 Å². The number of nitrogens with one attached hydrogen (secondary N) is 1. The molecule has 1 fully saturated rings. The molecular weight excluding hydrogens is 264 g/mol. The van der Waals surface area contributed by atoms with Crippen molar-refractivity contribution in [3.8, 4) is 5.88 Å². The molecule has 1 N–H and O–H groups in total. The fourth-order valence-electron chi connectivity index (χ4n) is 2.04. The average Bonchev–Trinajstić information content (AvgIpc) is 2.46. The number of nitro groups is 1. The number of hydrogen-bond acceptors (Lipinski definition) is 7. The van der Waals surface area contributed by atoms with Crippen molar-refractivity contribution in [3.05, 3.63) is 16.4 Å². The van der Waals surface area contributed by atoms with Gasteiger partial charge in [0, 0.05) is 19.8 Å². The van der Waals surface area contributed by atoms with Crippen LogP contribution in [-0.2, 0) is 4.74 Å². The van der Waals surface area contributed by atoms with Crippen LogP contribution in [0, 0.1) is 16.0 Å². The fourth-order valence-corrected chi connectivity index (χ4v) is 2.04. The summed E-state index contributed by atoms with van der Waals surface area (Å²) in [7, 11) is 0. The predicted molar refractivity (Wildman–Crippen MR) is 71.9 cm³/mol. The number of hydrogen-bond donors (Lipinski definition) is 1. The van der Waals surface area contributed by atoms with Crippen molar-refractivity contribution in [3.63, 3.8) is 0 Å². The Morgan fingerprint density at radius 3 is 2.90 bits per heavy atom. The zero-order valence-corrected chi connectivity index (χ0v) is 11.4. The van der Waals surface area contributed by atoms with E-state index in [0.29, 0.717) is 32.3 Å². The third-order valence-electron chi connectivity index (χ3n) is 3.11. The topological polar surface area (TPSA) is 99.4 Å². The van der Waals surface area contributed by atoms with Crippen LogP contribution in [-0.4, -0.2) is 41.3 Å². The van der Waals surface area contributed by atoms with E-state index in [1.54, 1.807) is 0 Å². The molecular formula is C12H18N4O4. The second-order valence-electron chi connectivity index (χ2n) is 4.53. The lowest BCUT2D eigenvalue weighted by Gasteiger charge is -2.21. The first kappa shape index (κ1) is 14.4. The molecule has 0 bridgehead atoms. The molecule has 0 unspecified atom stereocenters. The summed E-state index contributed by atoms with van der Waals surface area (Å²) in [5.41, 5.74) is -0.207. The summed E-state index contributed by atoms with van der Waals surface area (Å²) in [6.45, 7) is 4.21. The maximum Gasteiger partial charge on any atom is 0.372 e. The maximum atomic E-state index is 11.2. The van der Waals surface area contributed by atoms with Gasteiger partial charge in [0.1, 0.15) is 6.33 Å². The number of rotatable bonds is 6. The third-order valence-corrected chi connectivity index (χ3v) is 3.11. The van der Waals surface area contributed by atoms with Crippen LogP contribution in [0.15, 0.2) is 6.33 Å². The molecule has 8 nitrogen and oxygen atoms in total. The Hall–Kier alpha value is -1.96. The van der Waals surface area contributed by atoms with Gasteiger partial charge < -0.3 is 14.8 Å². The molecule has 0 amide bonds. The largest absolute Gasteiger partial charge is 0.472 e. The summed E-state index contributed by atoms with van der Waals surface area (Å²) in [6, 6.07) is 0. The maximum absolute atomic E-state index is 11.2. The van der Waals surface area contributed by atoms with Crippen molar-refractivity contribution >= 4 is 11.5 Å². The van der Waals surface area contributed by atoms with E-state index in [0.717, 1.165) is 12.8 Å². The summed E-state index contributed by atoms with van der Waals surface area (Å²) in [6.07, 6.45) is 3.07. The van der Waals surface area contributed by atoms with E-state index in [9.17, 15) is 10.1 Å². The van der Waals surface area contributed by atoms with E-state index in [2.05, 4.69) is 15.3 Å². The number of aromatic nitrogens is 2. The van der Waals surface area contributed by atoms with E-state index in [4.69, 9.17) is 9.47 Å². The minimum Gasteiger partial charge on any atom is -0.472 e. The fraction of sp³-hybridized carbons (Fsp3) is 0.667. The minimum absolute atomic E-state index is 0.0208. The first-order valence-electron chi connectivity index (χ1n) is 6.66. The van der Waals surface area contributed by atoms with E-state index < -0.39 is 4.92 Å². The summed E-state index contributed by atoms with van der Waals surface area (Å²) >= 11 is 0. The highest BCUT2D eigenvalue weighted by molar-refractivity contribution is 5.60. The highest BCUT2D eigenvalue weighted by Gasteiger charge is 2.25. The molecule has 110 valence electrons. The van der Waals surface area contributed by atoms with Gasteiger partial charge in [0.15, 0.2) is 0 Å². The van der Waals surface area contributed by atoms with Crippen LogP contribution < -0.4 is 10.1 Å². The van der Waals surface area contributed by atoms with Gasteiger partial charge in [-0.3, -0.25) is 10.1 Å². The van der Waals surface area contributed by atoms with Gasteiger partial charge in [-0.15, -0.1) is 0 Å². The van der Waals surface area contributed by atoms with Crippen LogP contribution >= 0.6 is 0 Å². The van der Waals surface area contributed by atoms with Gasteiger partial charge in [-0.1, -0.05) is 0 Å². The molecule has 20 heavy (non-hydrogen) atoms. The Morgan fingerprint density at radius 1 is 1.50 bits per heavy atom. The highest BCUT2D eigenvalue weighted by atomic mass is 16.6. The Balaban J connectivity index is 2.09. The van der Waals surface area contributed by atoms with Crippen LogP contribution in [0.5, 0.6) is 5.88 Å². The molecule has 8 heteroatoms. The molecule has 1 aromatic heterocycles. The molecule has 0 aromatic carbocycles. The van der Waals surface area contributed by atoms with Gasteiger partial charge in [-0.2, -0.15) is 4.98 Å². The molecule has 2 heterocycles. The molecule has 0 atom stereocenters. The van der Waals surface area contributed by atoms with Crippen molar-refractivity contribution in [1.29, 1.82) is 0 Å². The zero-order chi connectivity index (χ0) is 14.4. The Morgan fingerprint density at radius 2 is 2.25 bits per heavy atom. The lowest BCUT2D eigenvalue weighted by molar-refractivity contribution is -0.385. The van der Waals surface area contributed by atoms with Crippen LogP contribution in [0.4, 0.5) is 11.5 Å². The highest BCUT2D eigenvalue weighted by Crippen LogP contribution is 2.31. The Labute approximate surface area is 116 Å². The lowest BCUT2D eigenvalue weighted by Crippen LogP contribution is -2.22. The molecule has 0 radical (unpaired) electrons. The van der Waals surface area contributed by atoms with Crippen molar-refractivity contribution in [2.24, 2.45) is 5.92 Å². The van der Waals surface area contributed by atoms with Gasteiger partial charge in [-0.05, 0) is 25.7 Å². The van der Waals surface area contributed by atoms with Gasteiger partial charge in [0.25, 0.3) is 5.88 Å². The quantitative estimate of drug-likeness (QED) is 0.625. The SMILES string of the molecule is CCNc1ncnc(OCC2CCOCC2)c1[N+](=O)[O-]. The van der Waals surface area contributed by atoms with E-state index in [1.165, 1.54) is 6.33 Å². The summed E-state index contributed by atoms with van der Waals surface area (Å²) < 4.78 is 10.8. The first-order chi connectivity index (χ1) is 9.72. The molecule has 0 saturated carbocycles. The smallest absolute Gasteiger partial charge is 0.372 e. The van der Waals surface area contributed by atoms with Crippen LogP contribution in [0.2, 0.25) is 0 Å². The molecule has 1 aliphatic heterocycles. The first-order valence-corrected chi connectivity index (χ1v) is 6.66. The number of nitrogens with zero attached hydrogens (tertiary/aromatic N) is 3. The molecule has 1 aliphatic rings. The predicted octanol–water partition coefficient (Wildman–Crippen LogP) is 1.62. The Kier molecular flexibility index (Phi) is 5.05. The van der Waals surface area contributed by atoms with Crippen molar-refractivity contribution in [1.82, 2.24) is 9.97 Å². The molecule has 1 saturated heterocycles. The molecule has 0 spiro atoms. The summed E-state index contributed by atoms with van der Waals surface area (Å²) in [4.78, 5) is 18.4. The second kappa shape index (κ2) is 6.99. The molecule has 0 aliphatic carbocycles. The van der Waals surface area contributed by atoms with Gasteiger partial charge in [-0.25, -0.2) is 4.98 Å². The van der Waals surface area contributed by atoms with Gasteiger partial charge in [0.2, 0.25) is 5.82 Å². The van der Waals surface area contributed by atoms with Crippen molar-refractivity contribution in [2.45, 2.75) is 19.8 Å². The van der Waals surface area contributed by atoms with E-state index in [1.807, 2.05) is 6.92 Å². The van der Waals surface area contributed by atoms with Crippen molar-refractivity contribution < 1.29 is 14.4 Å². The monoisotopic (exact) mass is 282 g/mol. The second-order valence-corrected chi connectivity index (χ2v) is 4.53. The number of anilines is 1.